The van der Waals surface area contributed by atoms with Crippen molar-refractivity contribution in [2.24, 2.45) is 5.92 Å². The second-order valence-electron chi connectivity index (χ2n) is 9.35. The van der Waals surface area contributed by atoms with Crippen LogP contribution in [0, 0.1) is 12.8 Å². The summed E-state index contributed by atoms with van der Waals surface area (Å²) in [4.78, 5) is 42.7. The summed E-state index contributed by atoms with van der Waals surface area (Å²) in [5.74, 6) is -1.14. The van der Waals surface area contributed by atoms with E-state index in [1.54, 1.807) is 69.4 Å². The number of anilines is 1. The van der Waals surface area contributed by atoms with Crippen molar-refractivity contribution in [2.45, 2.75) is 26.8 Å². The van der Waals surface area contributed by atoms with Crippen molar-refractivity contribution < 1.29 is 29.0 Å². The number of aliphatic hydroxyl groups excluding tert-OH is 2. The fourth-order valence-corrected chi connectivity index (χ4v) is 4.49. The zero-order valence-electron chi connectivity index (χ0n) is 21.3. The Morgan fingerprint density at radius 3 is 2.32 bits per heavy atom. The molecule has 2 heterocycles. The van der Waals surface area contributed by atoms with Crippen molar-refractivity contribution in [1.82, 2.24) is 4.90 Å². The van der Waals surface area contributed by atoms with Crippen molar-refractivity contribution in [3.63, 3.8) is 0 Å². The zero-order chi connectivity index (χ0) is 26.9. The second kappa shape index (κ2) is 10.4. The number of amides is 2. The number of hydrogen-bond donors (Lipinski definition) is 2. The number of carbonyl (C=O) groups is 3. The van der Waals surface area contributed by atoms with E-state index in [-0.39, 0.29) is 36.0 Å². The summed E-state index contributed by atoms with van der Waals surface area (Å²) in [7, 11) is 1.56. The molecule has 1 aromatic heterocycles. The van der Waals surface area contributed by atoms with Gasteiger partial charge in [0.1, 0.15) is 11.5 Å². The molecule has 192 valence electrons. The zero-order valence-corrected chi connectivity index (χ0v) is 21.3. The average Bonchev–Trinajstić information content (AvgIpc) is 3.44. The van der Waals surface area contributed by atoms with E-state index in [9.17, 15) is 24.6 Å². The largest absolute Gasteiger partial charge is 0.503 e. The summed E-state index contributed by atoms with van der Waals surface area (Å²) in [6.45, 7) is 5.15. The van der Waals surface area contributed by atoms with Crippen LogP contribution in [-0.2, 0) is 9.59 Å². The van der Waals surface area contributed by atoms with Crippen LogP contribution in [0.4, 0.5) is 5.69 Å². The van der Waals surface area contributed by atoms with E-state index in [0.29, 0.717) is 17.0 Å². The lowest BCUT2D eigenvalue weighted by Gasteiger charge is -2.29. The Balaban J connectivity index is 1.85. The molecule has 0 saturated carbocycles. The van der Waals surface area contributed by atoms with E-state index in [1.165, 1.54) is 9.80 Å². The van der Waals surface area contributed by atoms with Gasteiger partial charge in [0.25, 0.3) is 11.8 Å². The number of aryl methyl sites for hydroxylation is 1. The Kier molecular flexibility index (Phi) is 7.31. The predicted molar refractivity (Wildman–Crippen MR) is 139 cm³/mol. The lowest BCUT2D eigenvalue weighted by molar-refractivity contribution is -0.119. The van der Waals surface area contributed by atoms with Crippen LogP contribution in [0.2, 0.25) is 0 Å². The van der Waals surface area contributed by atoms with Gasteiger partial charge < -0.3 is 19.5 Å². The molecule has 1 unspecified atom stereocenters. The number of rotatable bonds is 8. The maximum atomic E-state index is 13.4. The van der Waals surface area contributed by atoms with Gasteiger partial charge in [-0.3, -0.25) is 19.3 Å². The van der Waals surface area contributed by atoms with E-state index < -0.39 is 23.6 Å². The highest BCUT2D eigenvalue weighted by atomic mass is 16.3. The van der Waals surface area contributed by atoms with Crippen molar-refractivity contribution in [2.75, 3.05) is 25.1 Å². The topological polar surface area (TPSA) is 111 Å². The normalized spacial score (nSPS) is 15.6. The summed E-state index contributed by atoms with van der Waals surface area (Å²) in [6.07, 6.45) is 0. The Morgan fingerprint density at radius 2 is 1.73 bits per heavy atom. The highest BCUT2D eigenvalue weighted by Gasteiger charge is 2.46. The first-order valence-corrected chi connectivity index (χ1v) is 12.1. The van der Waals surface area contributed by atoms with Crippen molar-refractivity contribution in [3.05, 3.63) is 88.9 Å². The molecule has 2 aromatic carbocycles. The summed E-state index contributed by atoms with van der Waals surface area (Å²) in [5.41, 5.74) is 1.89. The molecular weight excluding hydrogens is 472 g/mol. The summed E-state index contributed by atoms with van der Waals surface area (Å²) in [6, 6.07) is 16.4. The molecule has 0 radical (unpaired) electrons. The van der Waals surface area contributed by atoms with Crippen molar-refractivity contribution in [1.29, 1.82) is 0 Å². The molecule has 0 spiro atoms. The Morgan fingerprint density at radius 1 is 1.05 bits per heavy atom. The lowest BCUT2D eigenvalue weighted by Crippen LogP contribution is -2.35. The predicted octanol–water partition coefficient (Wildman–Crippen LogP) is 4.44. The third-order valence-corrected chi connectivity index (χ3v) is 6.44. The maximum absolute atomic E-state index is 13.4. The Bertz CT molecular complexity index is 1370. The molecule has 1 aliphatic rings. The molecule has 0 saturated heterocycles. The first-order chi connectivity index (χ1) is 17.6. The standard InChI is InChI=1S/C29H30N2O6/c1-17(2)26(33)24-25(21-7-5-6-8-22(21)28(35)30(4)15-16-32)31(29(36)27(24)34)20-12-10-19(11-13-20)23-14-9-18(3)37-23/h5-14,17,25,32,34H,15-16H2,1-4H3. The van der Waals surface area contributed by atoms with Gasteiger partial charge in [0.2, 0.25) is 0 Å². The van der Waals surface area contributed by atoms with E-state index in [0.717, 1.165) is 11.3 Å². The minimum absolute atomic E-state index is 0.0456. The van der Waals surface area contributed by atoms with Crippen LogP contribution in [-0.4, -0.2) is 52.9 Å². The molecule has 0 aliphatic carbocycles. The van der Waals surface area contributed by atoms with Gasteiger partial charge in [-0.25, -0.2) is 0 Å². The van der Waals surface area contributed by atoms with E-state index >= 15 is 0 Å². The quantitative estimate of drug-likeness (QED) is 0.471. The van der Waals surface area contributed by atoms with E-state index in [2.05, 4.69) is 0 Å². The molecule has 4 rings (SSSR count). The molecule has 8 nitrogen and oxygen atoms in total. The van der Waals surface area contributed by atoms with Crippen LogP contribution in [0.25, 0.3) is 11.3 Å². The monoisotopic (exact) mass is 502 g/mol. The molecule has 37 heavy (non-hydrogen) atoms. The van der Waals surface area contributed by atoms with Crippen LogP contribution >= 0.6 is 0 Å². The van der Waals surface area contributed by atoms with Gasteiger partial charge in [0.15, 0.2) is 11.5 Å². The second-order valence-corrected chi connectivity index (χ2v) is 9.35. The number of carbonyl (C=O) groups excluding carboxylic acids is 3. The van der Waals surface area contributed by atoms with Crippen molar-refractivity contribution in [3.8, 4) is 11.3 Å². The van der Waals surface area contributed by atoms with E-state index in [1.807, 2.05) is 19.1 Å². The summed E-state index contributed by atoms with van der Waals surface area (Å²) in [5, 5.41) is 20.2. The number of hydrogen-bond acceptors (Lipinski definition) is 6. The highest BCUT2D eigenvalue weighted by molar-refractivity contribution is 6.17. The maximum Gasteiger partial charge on any atom is 0.294 e. The van der Waals surface area contributed by atoms with E-state index in [4.69, 9.17) is 4.42 Å². The number of nitrogens with zero attached hydrogens (tertiary/aromatic N) is 2. The number of furan rings is 1. The first-order valence-electron chi connectivity index (χ1n) is 12.1. The summed E-state index contributed by atoms with van der Waals surface area (Å²) >= 11 is 0. The van der Waals surface area contributed by atoms with Crippen LogP contribution in [0.1, 0.15) is 41.6 Å². The third kappa shape index (κ3) is 4.80. The number of likely N-dealkylation sites (N-methyl/N-ethyl adjacent to an activating group) is 1. The SMILES string of the molecule is Cc1ccc(-c2ccc(N3C(=O)C(O)=C(C(=O)C(C)C)C3c3ccccc3C(=O)N(C)CCO)cc2)o1. The minimum atomic E-state index is -1.01. The Labute approximate surface area is 215 Å². The van der Waals surface area contributed by atoms with Gasteiger partial charge in [0, 0.05) is 36.3 Å². The molecule has 0 fully saturated rings. The molecule has 0 bridgehead atoms. The van der Waals surface area contributed by atoms with Gasteiger partial charge in [0.05, 0.1) is 18.2 Å². The average molecular weight is 503 g/mol. The first kappa shape index (κ1) is 25.9. The molecule has 2 amide bonds. The van der Waals surface area contributed by atoms with Gasteiger partial charge in [-0.05, 0) is 55.0 Å². The molecule has 8 heteroatoms. The Hall–Kier alpha value is -4.17. The smallest absolute Gasteiger partial charge is 0.294 e. The van der Waals surface area contributed by atoms with Crippen molar-refractivity contribution >= 4 is 23.3 Å². The number of benzene rings is 2. The fourth-order valence-electron chi connectivity index (χ4n) is 4.49. The van der Waals surface area contributed by atoms with Gasteiger partial charge in [-0.1, -0.05) is 32.0 Å². The molecule has 1 atom stereocenters. The lowest BCUT2D eigenvalue weighted by atomic mass is 9.88. The molecular formula is C29H30N2O6. The van der Waals surface area contributed by atoms with Crippen LogP contribution in [0.15, 0.2) is 76.4 Å². The third-order valence-electron chi connectivity index (χ3n) is 6.44. The van der Waals surface area contributed by atoms with Gasteiger partial charge >= 0.3 is 0 Å². The van der Waals surface area contributed by atoms with Gasteiger partial charge in [-0.2, -0.15) is 0 Å². The number of aliphatic hydroxyl groups is 2. The fraction of sp³-hybridized carbons (Fsp3) is 0.276. The highest BCUT2D eigenvalue weighted by Crippen LogP contribution is 2.43. The van der Waals surface area contributed by atoms with Crippen LogP contribution < -0.4 is 4.90 Å². The molecule has 2 N–H and O–H groups in total. The molecule has 3 aromatic rings. The molecule has 1 aliphatic heterocycles. The number of ketones is 1. The number of Topliss-reactive ketones (excluding diaryl/α,β-unsaturated/α-hetero) is 1. The minimum Gasteiger partial charge on any atom is -0.503 e. The van der Waals surface area contributed by atoms with Crippen LogP contribution in [0.3, 0.4) is 0 Å². The summed E-state index contributed by atoms with van der Waals surface area (Å²) < 4.78 is 5.69. The van der Waals surface area contributed by atoms with Crippen LogP contribution in [0.5, 0.6) is 0 Å². The van der Waals surface area contributed by atoms with Gasteiger partial charge in [-0.15, -0.1) is 0 Å².